The minimum atomic E-state index is -1.06. The Morgan fingerprint density at radius 3 is 2.46 bits per heavy atom. The highest BCUT2D eigenvalue weighted by Crippen LogP contribution is 2.28. The average molecular weight is 486 g/mol. The lowest BCUT2D eigenvalue weighted by Gasteiger charge is -2.30. The number of hydrogen-bond acceptors (Lipinski definition) is 11. The van der Waals surface area contributed by atoms with Crippen molar-refractivity contribution in [2.45, 2.75) is 26.2 Å². The number of nitrogens with one attached hydrogen (secondary N) is 1. The standard InChI is InChI=1S/C23H31N7O5/c1-2-34-19-14-17(6-7-18(19)35-16-20(31)32)15-24-28-21-25-22(29-8-4-3-5-9-29)27-23(26-21)30-10-12-33-13-11-30/h6-7,14-15H,2-5,8-13,16H2,1H3,(H,31,32)(H,25,26,27,28)/b24-15+. The molecule has 35 heavy (non-hydrogen) atoms. The number of ether oxygens (including phenoxy) is 3. The van der Waals surface area contributed by atoms with Crippen molar-refractivity contribution in [2.75, 3.05) is 67.8 Å². The molecule has 12 nitrogen and oxygen atoms in total. The summed E-state index contributed by atoms with van der Waals surface area (Å²) in [7, 11) is 0. The van der Waals surface area contributed by atoms with Gasteiger partial charge < -0.3 is 29.1 Å². The third-order valence-electron chi connectivity index (χ3n) is 5.54. The summed E-state index contributed by atoms with van der Waals surface area (Å²) in [5, 5.41) is 13.2. The topological polar surface area (TPSA) is 135 Å². The van der Waals surface area contributed by atoms with Gasteiger partial charge in [-0.25, -0.2) is 10.2 Å². The van der Waals surface area contributed by atoms with Gasteiger partial charge in [0.25, 0.3) is 0 Å². The number of benzene rings is 1. The fourth-order valence-corrected chi connectivity index (χ4v) is 3.84. The molecule has 1 aromatic carbocycles. The van der Waals surface area contributed by atoms with Gasteiger partial charge in [-0.15, -0.1) is 0 Å². The maximum atomic E-state index is 10.8. The van der Waals surface area contributed by atoms with E-state index >= 15 is 0 Å². The summed E-state index contributed by atoms with van der Waals surface area (Å²) in [5.41, 5.74) is 3.67. The smallest absolute Gasteiger partial charge is 0.341 e. The van der Waals surface area contributed by atoms with Crippen molar-refractivity contribution in [3.05, 3.63) is 23.8 Å². The van der Waals surface area contributed by atoms with E-state index in [2.05, 4.69) is 30.3 Å². The van der Waals surface area contributed by atoms with E-state index in [9.17, 15) is 4.79 Å². The molecule has 2 aromatic rings. The van der Waals surface area contributed by atoms with Crippen LogP contribution in [0.2, 0.25) is 0 Å². The SMILES string of the molecule is CCOc1cc(/C=N/Nc2nc(N3CCCCC3)nc(N3CCOCC3)n2)ccc1OCC(=O)O. The molecule has 4 rings (SSSR count). The van der Waals surface area contributed by atoms with Crippen LogP contribution in [0.15, 0.2) is 23.3 Å². The molecule has 2 N–H and O–H groups in total. The number of carbonyl (C=O) groups is 1. The first-order valence-electron chi connectivity index (χ1n) is 11.9. The lowest BCUT2D eigenvalue weighted by molar-refractivity contribution is -0.139. The van der Waals surface area contributed by atoms with Crippen molar-refractivity contribution in [3.8, 4) is 11.5 Å². The fourth-order valence-electron chi connectivity index (χ4n) is 3.84. The normalized spacial score (nSPS) is 16.4. The number of hydrazone groups is 1. The van der Waals surface area contributed by atoms with Crippen molar-refractivity contribution in [3.63, 3.8) is 0 Å². The van der Waals surface area contributed by atoms with E-state index in [1.165, 1.54) is 6.42 Å². The number of morpholine rings is 1. The van der Waals surface area contributed by atoms with Gasteiger partial charge >= 0.3 is 5.97 Å². The lowest BCUT2D eigenvalue weighted by Crippen LogP contribution is -2.38. The van der Waals surface area contributed by atoms with E-state index in [1.54, 1.807) is 24.4 Å². The van der Waals surface area contributed by atoms with Gasteiger partial charge in [0.1, 0.15) is 0 Å². The second-order valence-corrected chi connectivity index (χ2v) is 8.10. The summed E-state index contributed by atoms with van der Waals surface area (Å²) in [6.45, 7) is 6.38. The third-order valence-corrected chi connectivity index (χ3v) is 5.54. The molecule has 12 heteroatoms. The number of carboxylic acids is 1. The van der Waals surface area contributed by atoms with Gasteiger partial charge in [0.2, 0.25) is 17.8 Å². The molecule has 2 saturated heterocycles. The Kier molecular flexibility index (Phi) is 8.49. The second-order valence-electron chi connectivity index (χ2n) is 8.10. The van der Waals surface area contributed by atoms with Gasteiger partial charge in [-0.2, -0.15) is 20.1 Å². The van der Waals surface area contributed by atoms with Gasteiger partial charge in [-0.05, 0) is 49.9 Å². The third kappa shape index (κ3) is 6.92. The highest BCUT2D eigenvalue weighted by molar-refractivity contribution is 5.81. The number of rotatable bonds is 10. The molecule has 2 aliphatic rings. The quantitative estimate of drug-likeness (QED) is 0.378. The van der Waals surface area contributed by atoms with Crippen molar-refractivity contribution in [2.24, 2.45) is 5.10 Å². The van der Waals surface area contributed by atoms with Crippen molar-refractivity contribution in [1.29, 1.82) is 0 Å². The Hall–Kier alpha value is -3.67. The van der Waals surface area contributed by atoms with Gasteiger partial charge in [0.15, 0.2) is 18.1 Å². The van der Waals surface area contributed by atoms with E-state index < -0.39 is 12.6 Å². The Morgan fingerprint density at radius 1 is 1.06 bits per heavy atom. The largest absolute Gasteiger partial charge is 0.490 e. The molecule has 0 spiro atoms. The van der Waals surface area contributed by atoms with E-state index in [0.29, 0.717) is 49.2 Å². The molecule has 0 atom stereocenters. The monoisotopic (exact) mass is 485 g/mol. The number of anilines is 3. The van der Waals surface area contributed by atoms with E-state index in [1.807, 2.05) is 6.92 Å². The highest BCUT2D eigenvalue weighted by Gasteiger charge is 2.20. The summed E-state index contributed by atoms with van der Waals surface area (Å²) < 4.78 is 16.3. The molecule has 2 fully saturated rings. The predicted molar refractivity (Wildman–Crippen MR) is 131 cm³/mol. The predicted octanol–water partition coefficient (Wildman–Crippen LogP) is 2.01. The maximum absolute atomic E-state index is 10.8. The molecule has 3 heterocycles. The molecule has 0 saturated carbocycles. The minimum absolute atomic E-state index is 0.359. The van der Waals surface area contributed by atoms with Gasteiger partial charge in [-0.3, -0.25) is 0 Å². The Bertz CT molecular complexity index is 987. The van der Waals surface area contributed by atoms with Crippen LogP contribution in [-0.4, -0.2) is 84.8 Å². The molecule has 0 aliphatic carbocycles. The van der Waals surface area contributed by atoms with Crippen LogP contribution in [0.3, 0.4) is 0 Å². The number of aliphatic carboxylic acids is 1. The lowest BCUT2D eigenvalue weighted by atomic mass is 10.1. The Morgan fingerprint density at radius 2 is 1.77 bits per heavy atom. The average Bonchev–Trinajstić information content (AvgIpc) is 2.89. The van der Waals surface area contributed by atoms with Crippen LogP contribution in [0.1, 0.15) is 31.7 Å². The number of piperidine rings is 1. The number of hydrogen-bond donors (Lipinski definition) is 2. The van der Waals surface area contributed by atoms with Crippen LogP contribution in [0, 0.1) is 0 Å². The zero-order chi connectivity index (χ0) is 24.5. The summed E-state index contributed by atoms with van der Waals surface area (Å²) in [6.07, 6.45) is 5.07. The number of aromatic nitrogens is 3. The Balaban J connectivity index is 1.51. The van der Waals surface area contributed by atoms with Crippen LogP contribution in [-0.2, 0) is 9.53 Å². The van der Waals surface area contributed by atoms with Crippen molar-refractivity contribution >= 4 is 30.0 Å². The van der Waals surface area contributed by atoms with E-state index in [4.69, 9.17) is 24.3 Å². The van der Waals surface area contributed by atoms with Crippen molar-refractivity contribution in [1.82, 2.24) is 15.0 Å². The first-order chi connectivity index (χ1) is 17.1. The van der Waals surface area contributed by atoms with E-state index in [0.717, 1.165) is 44.6 Å². The maximum Gasteiger partial charge on any atom is 0.341 e. The highest BCUT2D eigenvalue weighted by atomic mass is 16.5. The fraction of sp³-hybridized carbons (Fsp3) is 0.522. The number of carboxylic acid groups (broad SMARTS) is 1. The molecule has 0 amide bonds. The molecule has 1 aromatic heterocycles. The van der Waals surface area contributed by atoms with Crippen molar-refractivity contribution < 1.29 is 24.1 Å². The van der Waals surface area contributed by atoms with Gasteiger partial charge in [-0.1, -0.05) is 0 Å². The molecule has 0 bridgehead atoms. The first kappa shape index (κ1) is 24.5. The Labute approximate surface area is 203 Å². The van der Waals surface area contributed by atoms with Gasteiger partial charge in [0, 0.05) is 26.2 Å². The molecule has 0 unspecified atom stereocenters. The molecule has 188 valence electrons. The summed E-state index contributed by atoms with van der Waals surface area (Å²) in [4.78, 5) is 29.0. The van der Waals surface area contributed by atoms with Crippen LogP contribution in [0.5, 0.6) is 11.5 Å². The zero-order valence-corrected chi connectivity index (χ0v) is 19.9. The molecule has 0 radical (unpaired) electrons. The number of nitrogens with zero attached hydrogens (tertiary/aromatic N) is 6. The summed E-state index contributed by atoms with van der Waals surface area (Å²) in [6, 6.07) is 5.15. The second kappa shape index (κ2) is 12.2. The first-order valence-corrected chi connectivity index (χ1v) is 11.9. The molecular formula is C23H31N7O5. The van der Waals surface area contributed by atoms with E-state index in [-0.39, 0.29) is 0 Å². The molecule has 2 aliphatic heterocycles. The van der Waals surface area contributed by atoms with Crippen LogP contribution < -0.4 is 24.7 Å². The molecular weight excluding hydrogens is 454 g/mol. The minimum Gasteiger partial charge on any atom is -0.490 e. The summed E-state index contributed by atoms with van der Waals surface area (Å²) in [5.74, 6) is 1.38. The van der Waals surface area contributed by atoms with Crippen LogP contribution in [0.25, 0.3) is 0 Å². The summed E-state index contributed by atoms with van der Waals surface area (Å²) >= 11 is 0. The van der Waals surface area contributed by atoms with Gasteiger partial charge in [0.05, 0.1) is 26.0 Å². The van der Waals surface area contributed by atoms with Crippen LogP contribution >= 0.6 is 0 Å². The van der Waals surface area contributed by atoms with Crippen LogP contribution in [0.4, 0.5) is 17.8 Å². The zero-order valence-electron chi connectivity index (χ0n) is 19.9.